The fourth-order valence-electron chi connectivity index (χ4n) is 1.55. The van der Waals surface area contributed by atoms with Crippen molar-refractivity contribution >= 4 is 5.69 Å². The number of anilines is 1. The van der Waals surface area contributed by atoms with Gasteiger partial charge < -0.3 is 11.1 Å². The highest BCUT2D eigenvalue weighted by molar-refractivity contribution is 5.47. The van der Waals surface area contributed by atoms with Crippen LogP contribution >= 0.6 is 0 Å². The monoisotopic (exact) mass is 264 g/mol. The Labute approximate surface area is 103 Å². The van der Waals surface area contributed by atoms with Crippen molar-refractivity contribution in [1.82, 2.24) is 0 Å². The van der Waals surface area contributed by atoms with E-state index < -0.39 is 29.0 Å². The molecule has 3 N–H and O–H groups in total. The molecule has 0 fully saturated rings. The van der Waals surface area contributed by atoms with Crippen LogP contribution in [0.4, 0.5) is 23.2 Å². The van der Waals surface area contributed by atoms with Crippen molar-refractivity contribution in [3.05, 3.63) is 29.3 Å². The molecule has 0 spiro atoms. The molecular formula is C12H16F4N2. The lowest BCUT2D eigenvalue weighted by Gasteiger charge is -2.20. The van der Waals surface area contributed by atoms with Gasteiger partial charge in [-0.25, -0.2) is 17.6 Å². The van der Waals surface area contributed by atoms with Gasteiger partial charge in [0, 0.05) is 12.6 Å². The smallest absolute Gasteiger partial charge is 0.185 e. The van der Waals surface area contributed by atoms with E-state index in [9.17, 15) is 17.6 Å². The van der Waals surface area contributed by atoms with E-state index in [1.807, 2.05) is 13.8 Å². The Balaban J connectivity index is 2.91. The lowest BCUT2D eigenvalue weighted by Crippen LogP contribution is -2.28. The van der Waals surface area contributed by atoms with Crippen LogP contribution in [0.15, 0.2) is 6.07 Å². The van der Waals surface area contributed by atoms with Gasteiger partial charge in [0.1, 0.15) is 5.69 Å². The number of halogens is 4. The van der Waals surface area contributed by atoms with Gasteiger partial charge in [-0.15, -0.1) is 0 Å². The zero-order valence-corrected chi connectivity index (χ0v) is 10.2. The number of nitrogens with two attached hydrogens (primary N) is 1. The molecule has 0 aliphatic heterocycles. The molecule has 1 rings (SSSR count). The SMILES string of the molecule is CC(C)C(CN)CNc1c(F)c(F)cc(F)c1F. The van der Waals surface area contributed by atoms with E-state index in [1.54, 1.807) is 0 Å². The Kier molecular flexibility index (Phi) is 4.95. The summed E-state index contributed by atoms with van der Waals surface area (Å²) >= 11 is 0. The van der Waals surface area contributed by atoms with Crippen LogP contribution in [0, 0.1) is 35.1 Å². The summed E-state index contributed by atoms with van der Waals surface area (Å²) in [5.41, 5.74) is 4.71. The summed E-state index contributed by atoms with van der Waals surface area (Å²) in [5, 5.41) is 2.39. The molecule has 102 valence electrons. The van der Waals surface area contributed by atoms with Crippen molar-refractivity contribution in [1.29, 1.82) is 0 Å². The van der Waals surface area contributed by atoms with Gasteiger partial charge in [-0.2, -0.15) is 0 Å². The summed E-state index contributed by atoms with van der Waals surface area (Å²) in [7, 11) is 0. The molecule has 0 saturated heterocycles. The Morgan fingerprint density at radius 3 is 2.00 bits per heavy atom. The second-order valence-electron chi connectivity index (χ2n) is 4.46. The van der Waals surface area contributed by atoms with Crippen LogP contribution in [-0.2, 0) is 0 Å². The maximum absolute atomic E-state index is 13.3. The zero-order chi connectivity index (χ0) is 13.9. The molecule has 0 amide bonds. The molecule has 1 atom stereocenters. The second kappa shape index (κ2) is 6.04. The van der Waals surface area contributed by atoms with E-state index in [4.69, 9.17) is 5.73 Å². The fourth-order valence-corrected chi connectivity index (χ4v) is 1.55. The van der Waals surface area contributed by atoms with Crippen molar-refractivity contribution in [2.75, 3.05) is 18.4 Å². The predicted octanol–water partition coefficient (Wildman–Crippen LogP) is 2.89. The van der Waals surface area contributed by atoms with Crippen molar-refractivity contribution in [3.8, 4) is 0 Å². The molecule has 1 unspecified atom stereocenters. The first-order valence-corrected chi connectivity index (χ1v) is 5.65. The van der Waals surface area contributed by atoms with Gasteiger partial charge in [-0.05, 0) is 18.4 Å². The minimum Gasteiger partial charge on any atom is -0.380 e. The number of rotatable bonds is 5. The Hall–Kier alpha value is -1.30. The van der Waals surface area contributed by atoms with E-state index >= 15 is 0 Å². The number of hydrogen-bond donors (Lipinski definition) is 2. The Bertz CT molecular complexity index is 395. The average molecular weight is 264 g/mol. The number of hydrogen-bond acceptors (Lipinski definition) is 2. The molecule has 1 aromatic rings. The van der Waals surface area contributed by atoms with Crippen LogP contribution in [0.25, 0.3) is 0 Å². The van der Waals surface area contributed by atoms with Crippen molar-refractivity contribution in [2.45, 2.75) is 13.8 Å². The molecule has 1 aromatic carbocycles. The van der Waals surface area contributed by atoms with Gasteiger partial charge in [0.25, 0.3) is 0 Å². The first-order chi connectivity index (χ1) is 8.38. The van der Waals surface area contributed by atoms with E-state index in [1.165, 1.54) is 0 Å². The van der Waals surface area contributed by atoms with Crippen LogP contribution in [-0.4, -0.2) is 13.1 Å². The summed E-state index contributed by atoms with van der Waals surface area (Å²) in [6, 6.07) is 0.179. The topological polar surface area (TPSA) is 38.0 Å². The van der Waals surface area contributed by atoms with Crippen LogP contribution in [0.3, 0.4) is 0 Å². The first kappa shape index (κ1) is 14.8. The maximum atomic E-state index is 13.3. The van der Waals surface area contributed by atoms with Crippen molar-refractivity contribution in [3.63, 3.8) is 0 Å². The predicted molar refractivity (Wildman–Crippen MR) is 62.1 cm³/mol. The molecule has 0 heterocycles. The van der Waals surface area contributed by atoms with E-state index in [0.717, 1.165) is 0 Å². The molecule has 0 radical (unpaired) electrons. The van der Waals surface area contributed by atoms with Crippen LogP contribution < -0.4 is 11.1 Å². The highest BCUT2D eigenvalue weighted by Gasteiger charge is 2.20. The van der Waals surface area contributed by atoms with Crippen LogP contribution in [0.5, 0.6) is 0 Å². The van der Waals surface area contributed by atoms with Crippen LogP contribution in [0.2, 0.25) is 0 Å². The summed E-state index contributed by atoms with van der Waals surface area (Å²) < 4.78 is 52.5. The number of nitrogens with one attached hydrogen (secondary N) is 1. The second-order valence-corrected chi connectivity index (χ2v) is 4.46. The Morgan fingerprint density at radius 2 is 1.61 bits per heavy atom. The third-order valence-corrected chi connectivity index (χ3v) is 2.90. The minimum atomic E-state index is -1.43. The first-order valence-electron chi connectivity index (χ1n) is 5.65. The summed E-state index contributed by atoms with van der Waals surface area (Å²) in [5.74, 6) is -5.56. The standard InChI is InChI=1S/C12H16F4N2/c1-6(2)7(4-17)5-18-12-10(15)8(13)3-9(14)11(12)16/h3,6-7,18H,4-5,17H2,1-2H3. The summed E-state index contributed by atoms with van der Waals surface area (Å²) in [6.07, 6.45) is 0. The van der Waals surface area contributed by atoms with Crippen molar-refractivity contribution in [2.24, 2.45) is 17.6 Å². The lowest BCUT2D eigenvalue weighted by atomic mass is 9.96. The summed E-state index contributed by atoms with van der Waals surface area (Å²) in [4.78, 5) is 0. The van der Waals surface area contributed by atoms with Gasteiger partial charge in [0.05, 0.1) is 0 Å². The van der Waals surface area contributed by atoms with Gasteiger partial charge in [0.15, 0.2) is 23.3 Å². The molecule has 0 aliphatic rings. The van der Waals surface area contributed by atoms with Gasteiger partial charge in [-0.1, -0.05) is 13.8 Å². The third kappa shape index (κ3) is 3.13. The molecule has 2 nitrogen and oxygen atoms in total. The normalized spacial score (nSPS) is 12.9. The van der Waals surface area contributed by atoms with Gasteiger partial charge >= 0.3 is 0 Å². The van der Waals surface area contributed by atoms with E-state index in [0.29, 0.717) is 6.54 Å². The largest absolute Gasteiger partial charge is 0.380 e. The lowest BCUT2D eigenvalue weighted by molar-refractivity contribution is 0.409. The molecule has 0 aliphatic carbocycles. The maximum Gasteiger partial charge on any atom is 0.185 e. The van der Waals surface area contributed by atoms with Crippen molar-refractivity contribution < 1.29 is 17.6 Å². The molecule has 6 heteroatoms. The van der Waals surface area contributed by atoms with E-state index in [-0.39, 0.29) is 24.4 Å². The van der Waals surface area contributed by atoms with E-state index in [2.05, 4.69) is 5.32 Å². The fraction of sp³-hybridized carbons (Fsp3) is 0.500. The van der Waals surface area contributed by atoms with Gasteiger partial charge in [-0.3, -0.25) is 0 Å². The quantitative estimate of drug-likeness (QED) is 0.634. The van der Waals surface area contributed by atoms with Gasteiger partial charge in [0.2, 0.25) is 0 Å². The van der Waals surface area contributed by atoms with Crippen LogP contribution in [0.1, 0.15) is 13.8 Å². The minimum absolute atomic E-state index is 0.0462. The average Bonchev–Trinajstić information content (AvgIpc) is 2.31. The third-order valence-electron chi connectivity index (χ3n) is 2.90. The number of benzene rings is 1. The highest BCUT2D eigenvalue weighted by atomic mass is 19.2. The molecule has 18 heavy (non-hydrogen) atoms. The Morgan fingerprint density at radius 1 is 1.11 bits per heavy atom. The summed E-state index contributed by atoms with van der Waals surface area (Å²) in [6.45, 7) is 4.26. The molecule has 0 aromatic heterocycles. The molecular weight excluding hydrogens is 248 g/mol. The zero-order valence-electron chi connectivity index (χ0n) is 10.2. The highest BCUT2D eigenvalue weighted by Crippen LogP contribution is 2.24. The molecule has 0 bridgehead atoms. The molecule has 0 saturated carbocycles.